The first kappa shape index (κ1) is 15.0. The summed E-state index contributed by atoms with van der Waals surface area (Å²) in [7, 11) is 4.10. The van der Waals surface area contributed by atoms with Crippen LogP contribution in [0.5, 0.6) is 0 Å². The molecule has 1 aliphatic rings. The molecule has 0 aromatic heterocycles. The van der Waals surface area contributed by atoms with Crippen LogP contribution in [0.1, 0.15) is 6.42 Å². The molecule has 0 bridgehead atoms. The lowest BCUT2D eigenvalue weighted by Gasteiger charge is -2.15. The minimum atomic E-state index is -0.120. The third-order valence-corrected chi connectivity index (χ3v) is 1.78. The van der Waals surface area contributed by atoms with E-state index in [4.69, 9.17) is 5.11 Å². The van der Waals surface area contributed by atoms with Crippen molar-refractivity contribution in [2.45, 2.75) is 18.6 Å². The summed E-state index contributed by atoms with van der Waals surface area (Å²) in [4.78, 5) is 2.13. The molecule has 3 nitrogen and oxygen atoms in total. The van der Waals surface area contributed by atoms with Crippen molar-refractivity contribution in [1.82, 2.24) is 10.2 Å². The predicted octanol–water partition coefficient (Wildman–Crippen LogP) is 0.114. The van der Waals surface area contributed by atoms with Crippen LogP contribution in [0.4, 0.5) is 0 Å². The van der Waals surface area contributed by atoms with E-state index in [0.29, 0.717) is 6.04 Å². The van der Waals surface area contributed by atoms with Crippen LogP contribution < -0.4 is 5.32 Å². The highest BCUT2D eigenvalue weighted by Gasteiger charge is 2.21. The van der Waals surface area contributed by atoms with E-state index in [1.807, 2.05) is 14.1 Å². The van der Waals surface area contributed by atoms with Crippen LogP contribution in [0, 0.1) is 0 Å². The molecular weight excluding hydrogens is 199 g/mol. The lowest BCUT2D eigenvalue weighted by molar-refractivity contribution is 0.191. The number of β-amino-alcohol motifs (C(OH)–C–C–N with tert-alkyl or cyclic N) is 1. The minimum absolute atomic E-state index is 0. The standard InChI is InChI=1S/C7H16N2O.2ClH/c1-9(2)5-6-3-7(10)4-8-6;;/h6-8,10H,3-5H2,1-2H3;2*1H/t6-,7+;;/m0../s1. The van der Waals surface area contributed by atoms with E-state index in [-0.39, 0.29) is 30.9 Å². The fourth-order valence-electron chi connectivity index (χ4n) is 1.38. The SMILES string of the molecule is CN(C)C[C@@H]1C[C@@H](O)CN1.Cl.Cl. The third kappa shape index (κ3) is 5.17. The van der Waals surface area contributed by atoms with E-state index in [1.54, 1.807) is 0 Å². The van der Waals surface area contributed by atoms with Gasteiger partial charge in [-0.3, -0.25) is 0 Å². The van der Waals surface area contributed by atoms with Crippen LogP contribution in [-0.2, 0) is 0 Å². The van der Waals surface area contributed by atoms with Gasteiger partial charge in [-0.05, 0) is 20.5 Å². The van der Waals surface area contributed by atoms with Gasteiger partial charge in [0.05, 0.1) is 6.10 Å². The van der Waals surface area contributed by atoms with E-state index in [2.05, 4.69) is 10.2 Å². The molecular formula is C7H18Cl2N2O. The zero-order valence-corrected chi connectivity index (χ0v) is 9.12. The van der Waals surface area contributed by atoms with Gasteiger partial charge in [-0.15, -0.1) is 24.8 Å². The van der Waals surface area contributed by atoms with Crippen molar-refractivity contribution < 1.29 is 5.11 Å². The number of aliphatic hydroxyl groups is 1. The summed E-state index contributed by atoms with van der Waals surface area (Å²) >= 11 is 0. The van der Waals surface area contributed by atoms with Gasteiger partial charge in [0.1, 0.15) is 0 Å². The molecule has 0 unspecified atom stereocenters. The smallest absolute Gasteiger partial charge is 0.0680 e. The Labute approximate surface area is 86.3 Å². The summed E-state index contributed by atoms with van der Waals surface area (Å²) in [6, 6.07) is 0.491. The molecule has 0 radical (unpaired) electrons. The molecule has 0 aromatic rings. The first-order chi connectivity index (χ1) is 4.68. The molecule has 2 atom stereocenters. The highest BCUT2D eigenvalue weighted by atomic mass is 35.5. The van der Waals surface area contributed by atoms with Gasteiger partial charge in [0.15, 0.2) is 0 Å². The zero-order chi connectivity index (χ0) is 7.56. The van der Waals surface area contributed by atoms with Crippen LogP contribution in [0.15, 0.2) is 0 Å². The quantitative estimate of drug-likeness (QED) is 0.689. The van der Waals surface area contributed by atoms with Crippen LogP contribution in [0.2, 0.25) is 0 Å². The zero-order valence-electron chi connectivity index (χ0n) is 7.49. The number of halogens is 2. The molecule has 2 N–H and O–H groups in total. The van der Waals surface area contributed by atoms with E-state index in [9.17, 15) is 0 Å². The van der Waals surface area contributed by atoms with Gasteiger partial charge in [-0.25, -0.2) is 0 Å². The molecule has 0 aromatic carbocycles. The molecule has 0 amide bonds. The van der Waals surface area contributed by atoms with Gasteiger partial charge in [-0.2, -0.15) is 0 Å². The maximum Gasteiger partial charge on any atom is 0.0680 e. The molecule has 1 rings (SSSR count). The summed E-state index contributed by atoms with van der Waals surface area (Å²) in [6.45, 7) is 1.79. The highest BCUT2D eigenvalue weighted by molar-refractivity contribution is 5.85. The van der Waals surface area contributed by atoms with Gasteiger partial charge < -0.3 is 15.3 Å². The second kappa shape index (κ2) is 6.92. The fraction of sp³-hybridized carbons (Fsp3) is 1.00. The highest BCUT2D eigenvalue weighted by Crippen LogP contribution is 2.05. The fourth-order valence-corrected chi connectivity index (χ4v) is 1.38. The van der Waals surface area contributed by atoms with Gasteiger partial charge in [-0.1, -0.05) is 0 Å². The summed E-state index contributed by atoms with van der Waals surface area (Å²) in [6.07, 6.45) is 0.781. The molecule has 76 valence electrons. The molecule has 0 saturated carbocycles. The van der Waals surface area contributed by atoms with Gasteiger partial charge >= 0.3 is 0 Å². The monoisotopic (exact) mass is 216 g/mol. The van der Waals surface area contributed by atoms with Crippen molar-refractivity contribution in [3.8, 4) is 0 Å². The molecule has 1 heterocycles. The number of likely N-dealkylation sites (N-methyl/N-ethyl adjacent to an activating group) is 1. The average Bonchev–Trinajstić information content (AvgIpc) is 2.13. The summed E-state index contributed by atoms with van der Waals surface area (Å²) in [5.74, 6) is 0. The molecule has 0 spiro atoms. The second-order valence-electron chi connectivity index (χ2n) is 3.26. The van der Waals surface area contributed by atoms with Crippen molar-refractivity contribution in [2.24, 2.45) is 0 Å². The van der Waals surface area contributed by atoms with E-state index in [1.165, 1.54) is 0 Å². The molecule has 5 heteroatoms. The largest absolute Gasteiger partial charge is 0.392 e. The van der Waals surface area contributed by atoms with Crippen LogP contribution in [0.3, 0.4) is 0 Å². The minimum Gasteiger partial charge on any atom is -0.392 e. The van der Waals surface area contributed by atoms with E-state index >= 15 is 0 Å². The molecule has 0 aliphatic carbocycles. The van der Waals surface area contributed by atoms with Gasteiger partial charge in [0.25, 0.3) is 0 Å². The second-order valence-corrected chi connectivity index (χ2v) is 3.26. The van der Waals surface area contributed by atoms with Crippen molar-refractivity contribution in [3.05, 3.63) is 0 Å². The van der Waals surface area contributed by atoms with E-state index < -0.39 is 0 Å². The lowest BCUT2D eigenvalue weighted by atomic mass is 10.2. The topological polar surface area (TPSA) is 35.5 Å². The Balaban J connectivity index is 0. The molecule has 12 heavy (non-hydrogen) atoms. The average molecular weight is 217 g/mol. The van der Waals surface area contributed by atoms with Crippen LogP contribution in [0.25, 0.3) is 0 Å². The van der Waals surface area contributed by atoms with Crippen molar-refractivity contribution in [3.63, 3.8) is 0 Å². The van der Waals surface area contributed by atoms with Crippen molar-refractivity contribution in [2.75, 3.05) is 27.2 Å². The van der Waals surface area contributed by atoms with Crippen molar-refractivity contribution in [1.29, 1.82) is 0 Å². The maximum absolute atomic E-state index is 9.13. The number of hydrogen-bond donors (Lipinski definition) is 2. The molecule has 1 aliphatic heterocycles. The number of nitrogens with one attached hydrogen (secondary N) is 1. The normalized spacial score (nSPS) is 28.0. The van der Waals surface area contributed by atoms with E-state index in [0.717, 1.165) is 19.5 Å². The predicted molar refractivity (Wildman–Crippen MR) is 55.5 cm³/mol. The Morgan fingerprint density at radius 3 is 2.33 bits per heavy atom. The number of aliphatic hydroxyl groups excluding tert-OH is 1. The number of nitrogens with zero attached hydrogens (tertiary/aromatic N) is 1. The first-order valence-electron chi connectivity index (χ1n) is 3.74. The third-order valence-electron chi connectivity index (χ3n) is 1.78. The van der Waals surface area contributed by atoms with Crippen LogP contribution in [-0.4, -0.2) is 49.3 Å². The molecule has 1 fully saturated rings. The van der Waals surface area contributed by atoms with Gasteiger partial charge in [0, 0.05) is 19.1 Å². The van der Waals surface area contributed by atoms with Gasteiger partial charge in [0.2, 0.25) is 0 Å². The Morgan fingerprint density at radius 2 is 2.00 bits per heavy atom. The Hall–Kier alpha value is 0.460. The molecule has 1 saturated heterocycles. The Bertz CT molecular complexity index is 114. The summed E-state index contributed by atoms with van der Waals surface area (Å²) in [5, 5.41) is 12.4. The number of rotatable bonds is 2. The summed E-state index contributed by atoms with van der Waals surface area (Å²) < 4.78 is 0. The maximum atomic E-state index is 9.13. The Morgan fingerprint density at radius 1 is 1.42 bits per heavy atom. The Kier molecular flexibility index (Phi) is 8.63. The first-order valence-corrected chi connectivity index (χ1v) is 3.74. The number of hydrogen-bond acceptors (Lipinski definition) is 3. The lowest BCUT2D eigenvalue weighted by Crippen LogP contribution is -2.33. The van der Waals surface area contributed by atoms with Crippen LogP contribution >= 0.6 is 24.8 Å². The summed E-state index contributed by atoms with van der Waals surface area (Å²) in [5.41, 5.74) is 0. The van der Waals surface area contributed by atoms with Crippen molar-refractivity contribution >= 4 is 24.8 Å².